The van der Waals surface area contributed by atoms with Crippen LogP contribution in [0.2, 0.25) is 0 Å². The monoisotopic (exact) mass is 256 g/mol. The Hall–Kier alpha value is -2.01. The maximum Gasteiger partial charge on any atom is 0.137 e. The van der Waals surface area contributed by atoms with Crippen LogP contribution in [0.15, 0.2) is 36.8 Å². The lowest BCUT2D eigenvalue weighted by atomic mass is 10.2. The highest BCUT2D eigenvalue weighted by molar-refractivity contribution is 7.11. The molecule has 0 fully saturated rings. The summed E-state index contributed by atoms with van der Waals surface area (Å²) in [6.45, 7) is 2.75. The van der Waals surface area contributed by atoms with Crippen molar-refractivity contribution in [2.24, 2.45) is 0 Å². The zero-order chi connectivity index (χ0) is 12.4. The van der Waals surface area contributed by atoms with Gasteiger partial charge in [0.25, 0.3) is 0 Å². The molecule has 4 nitrogen and oxygen atoms in total. The third-order valence-electron chi connectivity index (χ3n) is 2.64. The van der Waals surface area contributed by atoms with E-state index in [0.29, 0.717) is 0 Å². The van der Waals surface area contributed by atoms with E-state index in [4.69, 9.17) is 0 Å². The van der Waals surface area contributed by atoms with Gasteiger partial charge in [-0.05, 0) is 19.1 Å². The molecule has 3 aromatic rings. The first-order valence-electron chi connectivity index (χ1n) is 5.68. The van der Waals surface area contributed by atoms with Gasteiger partial charge in [0.05, 0.1) is 17.1 Å². The Labute approximate surface area is 109 Å². The summed E-state index contributed by atoms with van der Waals surface area (Å²) in [7, 11) is 0. The molecule has 3 rings (SSSR count). The number of hydrogen-bond donors (Lipinski definition) is 1. The van der Waals surface area contributed by atoms with Crippen LogP contribution < -0.4 is 5.32 Å². The van der Waals surface area contributed by atoms with Crippen LogP contribution >= 0.6 is 11.3 Å². The number of hydrogen-bond acceptors (Lipinski definition) is 5. The lowest BCUT2D eigenvalue weighted by Gasteiger charge is -2.06. The van der Waals surface area contributed by atoms with Crippen LogP contribution in [0, 0.1) is 6.92 Å². The molecule has 1 aromatic carbocycles. The normalized spacial score (nSPS) is 10.7. The molecule has 0 spiro atoms. The number of aryl methyl sites for hydroxylation is 1. The lowest BCUT2D eigenvalue weighted by Crippen LogP contribution is -2.01. The van der Waals surface area contributed by atoms with Gasteiger partial charge in [-0.2, -0.15) is 0 Å². The second-order valence-corrected chi connectivity index (χ2v) is 5.26. The zero-order valence-electron chi connectivity index (χ0n) is 9.92. The van der Waals surface area contributed by atoms with Crippen molar-refractivity contribution in [3.8, 4) is 0 Å². The molecule has 5 heteroatoms. The van der Waals surface area contributed by atoms with E-state index in [1.54, 1.807) is 17.7 Å². The summed E-state index contributed by atoms with van der Waals surface area (Å²) in [5.74, 6) is 0.867. The molecular weight excluding hydrogens is 244 g/mol. The van der Waals surface area contributed by atoms with E-state index in [2.05, 4.69) is 20.3 Å². The molecule has 90 valence electrons. The molecule has 0 atom stereocenters. The second-order valence-electron chi connectivity index (χ2n) is 3.94. The molecule has 18 heavy (non-hydrogen) atoms. The highest BCUT2D eigenvalue weighted by atomic mass is 32.1. The van der Waals surface area contributed by atoms with Gasteiger partial charge in [0, 0.05) is 16.5 Å². The maximum absolute atomic E-state index is 4.29. The number of thiazole rings is 1. The standard InChI is InChI=1S/C13H12N4S/c1-9-14-6-10(18-9)7-15-13-11-4-2-3-5-12(11)16-8-17-13/h2-6,8H,7H2,1H3,(H,15,16,17). The first kappa shape index (κ1) is 11.1. The van der Waals surface area contributed by atoms with Crippen LogP contribution in [-0.2, 0) is 6.54 Å². The molecule has 0 aliphatic heterocycles. The van der Waals surface area contributed by atoms with Gasteiger partial charge in [-0.1, -0.05) is 12.1 Å². The highest BCUT2D eigenvalue weighted by Crippen LogP contribution is 2.20. The van der Waals surface area contributed by atoms with Crippen molar-refractivity contribution in [2.45, 2.75) is 13.5 Å². The Bertz CT molecular complexity index is 672. The minimum absolute atomic E-state index is 0.743. The van der Waals surface area contributed by atoms with Gasteiger partial charge in [0.1, 0.15) is 12.1 Å². The molecule has 0 aliphatic rings. The van der Waals surface area contributed by atoms with Crippen molar-refractivity contribution >= 4 is 28.1 Å². The Kier molecular flexibility index (Phi) is 2.90. The third kappa shape index (κ3) is 2.17. The minimum Gasteiger partial charge on any atom is -0.365 e. The Morgan fingerprint density at radius 2 is 2.06 bits per heavy atom. The summed E-state index contributed by atoms with van der Waals surface area (Å²) in [5, 5.41) is 5.46. The molecule has 0 radical (unpaired) electrons. The van der Waals surface area contributed by atoms with Crippen LogP contribution in [0.3, 0.4) is 0 Å². The molecule has 2 aromatic heterocycles. The van der Waals surface area contributed by atoms with Crippen molar-refractivity contribution in [1.82, 2.24) is 15.0 Å². The van der Waals surface area contributed by atoms with Crippen LogP contribution in [0.1, 0.15) is 9.88 Å². The Balaban J connectivity index is 1.86. The summed E-state index contributed by atoms with van der Waals surface area (Å²) < 4.78 is 0. The van der Waals surface area contributed by atoms with E-state index < -0.39 is 0 Å². The molecule has 0 amide bonds. The minimum atomic E-state index is 0.743. The van der Waals surface area contributed by atoms with Crippen molar-refractivity contribution in [1.29, 1.82) is 0 Å². The topological polar surface area (TPSA) is 50.7 Å². The quantitative estimate of drug-likeness (QED) is 0.782. The summed E-state index contributed by atoms with van der Waals surface area (Å²) >= 11 is 1.70. The SMILES string of the molecule is Cc1ncc(CNc2ncnc3ccccc23)s1. The summed E-state index contributed by atoms with van der Waals surface area (Å²) in [4.78, 5) is 14.0. The molecule has 0 unspecified atom stereocenters. The second kappa shape index (κ2) is 4.70. The fraction of sp³-hybridized carbons (Fsp3) is 0.154. The predicted molar refractivity (Wildman–Crippen MR) is 73.7 cm³/mol. The van der Waals surface area contributed by atoms with Crippen LogP contribution in [0.5, 0.6) is 0 Å². The van der Waals surface area contributed by atoms with E-state index in [-0.39, 0.29) is 0 Å². The lowest BCUT2D eigenvalue weighted by molar-refractivity contribution is 1.12. The van der Waals surface area contributed by atoms with Crippen LogP contribution in [-0.4, -0.2) is 15.0 Å². The van der Waals surface area contributed by atoms with Crippen molar-refractivity contribution in [2.75, 3.05) is 5.32 Å². The van der Waals surface area contributed by atoms with Gasteiger partial charge >= 0.3 is 0 Å². The van der Waals surface area contributed by atoms with Crippen molar-refractivity contribution in [3.05, 3.63) is 46.7 Å². The number of benzene rings is 1. The molecule has 1 N–H and O–H groups in total. The number of fused-ring (bicyclic) bond motifs is 1. The van der Waals surface area contributed by atoms with Gasteiger partial charge in [-0.3, -0.25) is 0 Å². The molecule has 0 aliphatic carbocycles. The summed E-state index contributed by atoms with van der Waals surface area (Å²) in [6.07, 6.45) is 3.49. The van der Waals surface area contributed by atoms with Crippen molar-refractivity contribution in [3.63, 3.8) is 0 Å². The first-order valence-corrected chi connectivity index (χ1v) is 6.49. The van der Waals surface area contributed by atoms with E-state index in [0.717, 1.165) is 28.3 Å². The van der Waals surface area contributed by atoms with Crippen molar-refractivity contribution < 1.29 is 0 Å². The van der Waals surface area contributed by atoms with Gasteiger partial charge in [-0.15, -0.1) is 11.3 Å². The number of aromatic nitrogens is 3. The van der Waals surface area contributed by atoms with Gasteiger partial charge in [-0.25, -0.2) is 15.0 Å². The molecule has 0 bridgehead atoms. The summed E-state index contributed by atoms with van der Waals surface area (Å²) in [6, 6.07) is 7.98. The van der Waals surface area contributed by atoms with Crippen LogP contribution in [0.25, 0.3) is 10.9 Å². The Morgan fingerprint density at radius 1 is 1.17 bits per heavy atom. The fourth-order valence-electron chi connectivity index (χ4n) is 1.80. The first-order chi connectivity index (χ1) is 8.83. The number of nitrogens with one attached hydrogen (secondary N) is 1. The van der Waals surface area contributed by atoms with Gasteiger partial charge in [0.15, 0.2) is 0 Å². The number of nitrogens with zero attached hydrogens (tertiary/aromatic N) is 3. The average Bonchev–Trinajstić information content (AvgIpc) is 2.82. The smallest absolute Gasteiger partial charge is 0.137 e. The zero-order valence-corrected chi connectivity index (χ0v) is 10.7. The molecule has 0 saturated carbocycles. The van der Waals surface area contributed by atoms with E-state index in [1.165, 1.54) is 4.88 Å². The van der Waals surface area contributed by atoms with E-state index in [9.17, 15) is 0 Å². The fourth-order valence-corrected chi connectivity index (χ4v) is 2.54. The van der Waals surface area contributed by atoms with E-state index >= 15 is 0 Å². The average molecular weight is 256 g/mol. The molecule has 2 heterocycles. The largest absolute Gasteiger partial charge is 0.365 e. The van der Waals surface area contributed by atoms with Crippen LogP contribution in [0.4, 0.5) is 5.82 Å². The Morgan fingerprint density at radius 3 is 2.89 bits per heavy atom. The molecule has 0 saturated heterocycles. The predicted octanol–water partition coefficient (Wildman–Crippen LogP) is 3.01. The van der Waals surface area contributed by atoms with Gasteiger partial charge in [0.2, 0.25) is 0 Å². The molecular formula is C13H12N4S. The number of anilines is 1. The highest BCUT2D eigenvalue weighted by Gasteiger charge is 2.03. The number of para-hydroxylation sites is 1. The van der Waals surface area contributed by atoms with Gasteiger partial charge < -0.3 is 5.32 Å². The summed E-state index contributed by atoms with van der Waals surface area (Å²) in [5.41, 5.74) is 0.954. The van der Waals surface area contributed by atoms with E-state index in [1.807, 2.05) is 37.4 Å². The number of rotatable bonds is 3. The maximum atomic E-state index is 4.29. The third-order valence-corrected chi connectivity index (χ3v) is 3.55.